The van der Waals surface area contributed by atoms with E-state index in [-0.39, 0.29) is 0 Å². The molecule has 8 heteroatoms. The summed E-state index contributed by atoms with van der Waals surface area (Å²) in [6.07, 6.45) is 1.74. The number of nitrogens with one attached hydrogen (secondary N) is 2. The van der Waals surface area contributed by atoms with Crippen molar-refractivity contribution in [2.75, 3.05) is 37.8 Å². The van der Waals surface area contributed by atoms with Crippen molar-refractivity contribution in [2.24, 2.45) is 0 Å². The van der Waals surface area contributed by atoms with Gasteiger partial charge in [0.25, 0.3) is 0 Å². The van der Waals surface area contributed by atoms with E-state index in [4.69, 9.17) is 23.2 Å². The van der Waals surface area contributed by atoms with Gasteiger partial charge in [0.2, 0.25) is 5.95 Å². The maximum Gasteiger partial charge on any atom is 0.225 e. The number of nitrogens with zero attached hydrogens (tertiary/aromatic N) is 4. The summed E-state index contributed by atoms with van der Waals surface area (Å²) >= 11 is 12.2. The van der Waals surface area contributed by atoms with Crippen LogP contribution in [0.5, 0.6) is 0 Å². The van der Waals surface area contributed by atoms with E-state index in [2.05, 4.69) is 30.5 Å². The molecule has 3 rings (SSSR count). The third-order valence-corrected chi connectivity index (χ3v) is 4.24. The number of hydrogen-bond acceptors (Lipinski definition) is 6. The van der Waals surface area contributed by atoms with Gasteiger partial charge in [-0.3, -0.25) is 4.98 Å². The largest absolute Gasteiger partial charge is 0.353 e. The average Bonchev–Trinajstić information content (AvgIpc) is 2.64. The molecule has 2 N–H and O–H groups in total. The van der Waals surface area contributed by atoms with Gasteiger partial charge in [-0.25, -0.2) is 4.98 Å². The van der Waals surface area contributed by atoms with Crippen LogP contribution in [0.2, 0.25) is 10.0 Å². The summed E-state index contributed by atoms with van der Waals surface area (Å²) in [6.45, 7) is 1.59. The van der Waals surface area contributed by atoms with E-state index < -0.39 is 0 Å². The molecule has 0 fully saturated rings. The van der Waals surface area contributed by atoms with Crippen molar-refractivity contribution in [3.05, 3.63) is 58.7 Å². The molecular formula is C19H20Cl2N6. The molecule has 0 amide bonds. The van der Waals surface area contributed by atoms with Gasteiger partial charge in [-0.2, -0.15) is 4.98 Å². The van der Waals surface area contributed by atoms with E-state index in [1.807, 2.05) is 44.4 Å². The normalized spacial score (nSPS) is 10.9. The van der Waals surface area contributed by atoms with Gasteiger partial charge < -0.3 is 15.5 Å². The van der Waals surface area contributed by atoms with Crippen LogP contribution >= 0.6 is 23.2 Å². The summed E-state index contributed by atoms with van der Waals surface area (Å²) in [7, 11) is 4.03. The minimum atomic E-state index is 0.516. The summed E-state index contributed by atoms with van der Waals surface area (Å²) in [5, 5.41) is 7.57. The van der Waals surface area contributed by atoms with Crippen LogP contribution in [0.25, 0.3) is 11.4 Å². The van der Waals surface area contributed by atoms with Gasteiger partial charge in [-0.15, -0.1) is 0 Å². The van der Waals surface area contributed by atoms with Crippen LogP contribution in [0.15, 0.2) is 48.7 Å². The van der Waals surface area contributed by atoms with Crippen LogP contribution in [-0.2, 0) is 0 Å². The lowest BCUT2D eigenvalue weighted by Crippen LogP contribution is -2.21. The van der Waals surface area contributed by atoms with E-state index >= 15 is 0 Å². The van der Waals surface area contributed by atoms with E-state index in [9.17, 15) is 0 Å². The molecule has 0 radical (unpaired) electrons. The number of halogens is 2. The molecule has 0 bridgehead atoms. The number of hydrogen-bond donors (Lipinski definition) is 2. The Hall–Kier alpha value is -2.41. The van der Waals surface area contributed by atoms with Crippen LogP contribution in [0.4, 0.5) is 17.5 Å². The molecule has 27 heavy (non-hydrogen) atoms. The molecule has 1 aromatic carbocycles. The highest BCUT2D eigenvalue weighted by atomic mass is 35.5. The highest BCUT2D eigenvalue weighted by Gasteiger charge is 2.10. The van der Waals surface area contributed by atoms with Crippen molar-refractivity contribution in [2.45, 2.75) is 0 Å². The molecule has 140 valence electrons. The Morgan fingerprint density at radius 3 is 2.56 bits per heavy atom. The molecule has 0 unspecified atom stereocenters. The minimum Gasteiger partial charge on any atom is -0.353 e. The van der Waals surface area contributed by atoms with E-state index in [0.717, 1.165) is 18.8 Å². The third kappa shape index (κ3) is 5.53. The zero-order valence-electron chi connectivity index (χ0n) is 15.1. The number of rotatable bonds is 7. The van der Waals surface area contributed by atoms with Crippen molar-refractivity contribution >= 4 is 40.7 Å². The van der Waals surface area contributed by atoms with E-state index in [0.29, 0.717) is 33.2 Å². The lowest BCUT2D eigenvalue weighted by molar-refractivity contribution is 0.425. The van der Waals surface area contributed by atoms with E-state index in [1.54, 1.807) is 18.3 Å². The quantitative estimate of drug-likeness (QED) is 0.603. The van der Waals surface area contributed by atoms with Crippen molar-refractivity contribution in [1.82, 2.24) is 19.9 Å². The highest BCUT2D eigenvalue weighted by molar-refractivity contribution is 6.36. The summed E-state index contributed by atoms with van der Waals surface area (Å²) < 4.78 is 0. The average molecular weight is 403 g/mol. The van der Waals surface area contributed by atoms with Crippen LogP contribution in [0, 0.1) is 0 Å². The molecule has 0 saturated heterocycles. The van der Waals surface area contributed by atoms with Crippen molar-refractivity contribution in [3.63, 3.8) is 0 Å². The van der Waals surface area contributed by atoms with Crippen LogP contribution in [-0.4, -0.2) is 47.0 Å². The second kappa shape index (κ2) is 8.99. The Balaban J connectivity index is 1.91. The maximum absolute atomic E-state index is 6.27. The first-order valence-electron chi connectivity index (χ1n) is 8.42. The molecule has 0 saturated carbocycles. The van der Waals surface area contributed by atoms with Crippen molar-refractivity contribution in [3.8, 4) is 11.4 Å². The van der Waals surface area contributed by atoms with Crippen LogP contribution in [0.3, 0.4) is 0 Å². The zero-order chi connectivity index (χ0) is 19.2. The Labute approximate surface area is 168 Å². The molecule has 0 aliphatic rings. The number of anilines is 3. The van der Waals surface area contributed by atoms with Crippen molar-refractivity contribution in [1.29, 1.82) is 0 Å². The summed E-state index contributed by atoms with van der Waals surface area (Å²) in [4.78, 5) is 15.6. The third-order valence-electron chi connectivity index (χ3n) is 3.69. The molecular weight excluding hydrogens is 383 g/mol. The summed E-state index contributed by atoms with van der Waals surface area (Å²) in [6, 6.07) is 12.8. The molecule has 2 aromatic heterocycles. The van der Waals surface area contributed by atoms with Crippen molar-refractivity contribution < 1.29 is 0 Å². The molecule has 0 aliphatic carbocycles. The number of benzene rings is 1. The fourth-order valence-corrected chi connectivity index (χ4v) is 2.81. The Morgan fingerprint density at radius 1 is 1.00 bits per heavy atom. The van der Waals surface area contributed by atoms with Gasteiger partial charge in [-0.1, -0.05) is 29.3 Å². The zero-order valence-corrected chi connectivity index (χ0v) is 16.6. The minimum absolute atomic E-state index is 0.516. The van der Waals surface area contributed by atoms with Crippen LogP contribution < -0.4 is 10.6 Å². The van der Waals surface area contributed by atoms with Gasteiger partial charge in [0.15, 0.2) is 0 Å². The number of pyridine rings is 1. The Kier molecular flexibility index (Phi) is 6.45. The van der Waals surface area contributed by atoms with Gasteiger partial charge in [-0.05, 0) is 44.4 Å². The first kappa shape index (κ1) is 19.4. The number of aromatic nitrogens is 3. The lowest BCUT2D eigenvalue weighted by Gasteiger charge is -2.13. The topological polar surface area (TPSA) is 66.0 Å². The monoisotopic (exact) mass is 402 g/mol. The van der Waals surface area contributed by atoms with Gasteiger partial charge in [0, 0.05) is 30.4 Å². The summed E-state index contributed by atoms with van der Waals surface area (Å²) in [5.41, 5.74) is 2.19. The Bertz CT molecular complexity index is 902. The molecule has 0 aliphatic heterocycles. The standard InChI is InChI=1S/C19H20Cl2N6/c1-27(2)10-9-23-19-25-17(16-5-3-4-8-22-16)12-18(26-19)24-15-7-6-13(20)11-14(15)21/h3-8,11-12H,9-10H2,1-2H3,(H2,23,24,25,26). The smallest absolute Gasteiger partial charge is 0.225 e. The van der Waals surface area contributed by atoms with Crippen LogP contribution in [0.1, 0.15) is 0 Å². The second-order valence-electron chi connectivity index (χ2n) is 6.16. The fraction of sp³-hybridized carbons (Fsp3) is 0.211. The predicted octanol–water partition coefficient (Wildman–Crippen LogP) is 4.56. The maximum atomic E-state index is 6.27. The predicted molar refractivity (Wildman–Crippen MR) is 112 cm³/mol. The molecule has 0 spiro atoms. The van der Waals surface area contributed by atoms with Gasteiger partial charge in [0.05, 0.1) is 22.1 Å². The lowest BCUT2D eigenvalue weighted by atomic mass is 10.2. The molecule has 0 atom stereocenters. The fourth-order valence-electron chi connectivity index (χ4n) is 2.36. The first-order chi connectivity index (χ1) is 13.0. The van der Waals surface area contributed by atoms with E-state index in [1.165, 1.54) is 0 Å². The molecule has 6 nitrogen and oxygen atoms in total. The highest BCUT2D eigenvalue weighted by Crippen LogP contribution is 2.29. The molecule has 3 aromatic rings. The first-order valence-corrected chi connectivity index (χ1v) is 9.18. The Morgan fingerprint density at radius 2 is 1.85 bits per heavy atom. The molecule has 2 heterocycles. The SMILES string of the molecule is CN(C)CCNc1nc(Nc2ccc(Cl)cc2Cl)cc(-c2ccccn2)n1. The van der Waals surface area contributed by atoms with Gasteiger partial charge in [0.1, 0.15) is 5.82 Å². The second-order valence-corrected chi connectivity index (χ2v) is 7.00. The number of likely N-dealkylation sites (N-methyl/N-ethyl adjacent to an activating group) is 1. The van der Waals surface area contributed by atoms with Gasteiger partial charge >= 0.3 is 0 Å². The summed E-state index contributed by atoms with van der Waals surface area (Å²) in [5.74, 6) is 1.13.